The van der Waals surface area contributed by atoms with Crippen molar-refractivity contribution in [3.05, 3.63) is 72.0 Å². The van der Waals surface area contributed by atoms with Gasteiger partial charge in [0.1, 0.15) is 5.82 Å². The number of nitrogens with one attached hydrogen (secondary N) is 2. The van der Waals surface area contributed by atoms with Crippen molar-refractivity contribution >= 4 is 23.0 Å². The number of benzene rings is 3. The van der Waals surface area contributed by atoms with Crippen LogP contribution in [0.2, 0.25) is 0 Å². The van der Waals surface area contributed by atoms with Crippen LogP contribution in [0.15, 0.2) is 60.7 Å². The molecule has 150 valence electrons. The second kappa shape index (κ2) is 8.97. The zero-order valence-electron chi connectivity index (χ0n) is 16.3. The highest BCUT2D eigenvalue weighted by molar-refractivity contribution is 6.05. The average Bonchev–Trinajstić information content (AvgIpc) is 2.74. The second-order valence-corrected chi connectivity index (χ2v) is 6.08. The Morgan fingerprint density at radius 1 is 0.793 bits per heavy atom. The van der Waals surface area contributed by atoms with Gasteiger partial charge in [-0.05, 0) is 54.6 Å². The van der Waals surface area contributed by atoms with E-state index in [4.69, 9.17) is 14.2 Å². The standard InChI is InChI=1S/C22H21FN2O4/c1-27-19-11-14(12-20(28-2)21(19)29-3)22(26)25-17-9-7-16(8-10-17)24-18-6-4-5-15(23)13-18/h4-13,24H,1-3H3,(H,25,26). The summed E-state index contributed by atoms with van der Waals surface area (Å²) < 4.78 is 29.1. The summed E-state index contributed by atoms with van der Waals surface area (Å²) in [5.41, 5.74) is 2.37. The molecule has 0 aliphatic rings. The minimum absolute atomic E-state index is 0.316. The maximum absolute atomic E-state index is 13.3. The number of carbonyl (C=O) groups excluding carboxylic acids is 1. The summed E-state index contributed by atoms with van der Waals surface area (Å²) >= 11 is 0. The minimum atomic E-state index is -0.324. The first-order valence-corrected chi connectivity index (χ1v) is 8.78. The molecular formula is C22H21FN2O4. The highest BCUT2D eigenvalue weighted by Gasteiger charge is 2.17. The number of amides is 1. The molecule has 0 heterocycles. The van der Waals surface area contributed by atoms with E-state index in [1.165, 1.54) is 33.5 Å². The fourth-order valence-electron chi connectivity index (χ4n) is 2.79. The molecule has 29 heavy (non-hydrogen) atoms. The van der Waals surface area contributed by atoms with Crippen LogP contribution in [0.1, 0.15) is 10.4 Å². The predicted octanol–water partition coefficient (Wildman–Crippen LogP) is 4.85. The van der Waals surface area contributed by atoms with E-state index in [1.54, 1.807) is 48.5 Å². The predicted molar refractivity (Wildman–Crippen MR) is 110 cm³/mol. The van der Waals surface area contributed by atoms with Gasteiger partial charge in [0, 0.05) is 22.6 Å². The van der Waals surface area contributed by atoms with Crippen LogP contribution in [0.5, 0.6) is 17.2 Å². The van der Waals surface area contributed by atoms with Crippen LogP contribution in [0, 0.1) is 5.82 Å². The van der Waals surface area contributed by atoms with Gasteiger partial charge in [-0.2, -0.15) is 0 Å². The molecule has 0 bridgehead atoms. The van der Waals surface area contributed by atoms with Crippen molar-refractivity contribution in [2.45, 2.75) is 0 Å². The lowest BCUT2D eigenvalue weighted by Crippen LogP contribution is -2.12. The Hall–Kier alpha value is -3.74. The lowest BCUT2D eigenvalue weighted by Gasteiger charge is -2.14. The van der Waals surface area contributed by atoms with Crippen molar-refractivity contribution < 1.29 is 23.4 Å². The summed E-state index contributed by atoms with van der Waals surface area (Å²) in [6.45, 7) is 0. The topological polar surface area (TPSA) is 68.8 Å². The number of halogens is 1. The summed E-state index contributed by atoms with van der Waals surface area (Å²) in [7, 11) is 4.48. The summed E-state index contributed by atoms with van der Waals surface area (Å²) in [6.07, 6.45) is 0. The number of hydrogen-bond acceptors (Lipinski definition) is 5. The Balaban J connectivity index is 1.74. The first-order chi connectivity index (χ1) is 14.0. The van der Waals surface area contributed by atoms with Crippen molar-refractivity contribution in [1.29, 1.82) is 0 Å². The third kappa shape index (κ3) is 4.76. The fraction of sp³-hybridized carbons (Fsp3) is 0.136. The Morgan fingerprint density at radius 3 is 1.97 bits per heavy atom. The van der Waals surface area contributed by atoms with Crippen molar-refractivity contribution in [1.82, 2.24) is 0 Å². The SMILES string of the molecule is COc1cc(C(=O)Nc2ccc(Nc3cccc(F)c3)cc2)cc(OC)c1OC. The zero-order valence-corrected chi connectivity index (χ0v) is 16.3. The molecule has 0 saturated carbocycles. The zero-order chi connectivity index (χ0) is 20.8. The number of methoxy groups -OCH3 is 3. The molecule has 3 rings (SSSR count). The number of ether oxygens (including phenoxy) is 3. The number of hydrogen-bond donors (Lipinski definition) is 2. The molecule has 3 aromatic carbocycles. The molecule has 6 nitrogen and oxygen atoms in total. The first kappa shape index (κ1) is 20.0. The highest BCUT2D eigenvalue weighted by Crippen LogP contribution is 2.38. The van der Waals surface area contributed by atoms with Gasteiger partial charge in [0.2, 0.25) is 5.75 Å². The fourth-order valence-corrected chi connectivity index (χ4v) is 2.79. The molecule has 0 fully saturated rings. The monoisotopic (exact) mass is 396 g/mol. The molecular weight excluding hydrogens is 375 g/mol. The van der Waals surface area contributed by atoms with E-state index in [1.807, 2.05) is 0 Å². The summed E-state index contributed by atoms with van der Waals surface area (Å²) in [6, 6.07) is 16.4. The Labute approximate surface area is 168 Å². The van der Waals surface area contributed by atoms with E-state index < -0.39 is 0 Å². The van der Waals surface area contributed by atoms with Crippen LogP contribution in [0.3, 0.4) is 0 Å². The normalized spacial score (nSPS) is 10.2. The summed E-state index contributed by atoms with van der Waals surface area (Å²) in [5, 5.41) is 5.92. The third-order valence-electron chi connectivity index (χ3n) is 4.18. The smallest absolute Gasteiger partial charge is 0.255 e. The van der Waals surface area contributed by atoms with Crippen LogP contribution < -0.4 is 24.8 Å². The van der Waals surface area contributed by atoms with Gasteiger partial charge in [0.15, 0.2) is 11.5 Å². The Bertz CT molecular complexity index is 981. The lowest BCUT2D eigenvalue weighted by molar-refractivity contribution is 0.102. The second-order valence-electron chi connectivity index (χ2n) is 6.08. The van der Waals surface area contributed by atoms with E-state index in [-0.39, 0.29) is 11.7 Å². The van der Waals surface area contributed by atoms with E-state index in [9.17, 15) is 9.18 Å². The van der Waals surface area contributed by atoms with Gasteiger partial charge >= 0.3 is 0 Å². The molecule has 0 aliphatic heterocycles. The summed E-state index contributed by atoms with van der Waals surface area (Å²) in [4.78, 5) is 12.6. The van der Waals surface area contributed by atoms with Crippen LogP contribution >= 0.6 is 0 Å². The Morgan fingerprint density at radius 2 is 1.41 bits per heavy atom. The summed E-state index contributed by atoms with van der Waals surface area (Å²) in [5.74, 6) is 0.567. The minimum Gasteiger partial charge on any atom is -0.493 e. The molecule has 7 heteroatoms. The molecule has 0 spiro atoms. The van der Waals surface area contributed by atoms with E-state index in [2.05, 4.69) is 10.6 Å². The van der Waals surface area contributed by atoms with Gasteiger partial charge in [0.25, 0.3) is 5.91 Å². The molecule has 0 radical (unpaired) electrons. The van der Waals surface area contributed by atoms with Gasteiger partial charge < -0.3 is 24.8 Å². The largest absolute Gasteiger partial charge is 0.493 e. The van der Waals surface area contributed by atoms with Crippen molar-refractivity contribution in [2.75, 3.05) is 32.0 Å². The molecule has 0 saturated heterocycles. The van der Waals surface area contributed by atoms with Crippen molar-refractivity contribution in [3.63, 3.8) is 0 Å². The molecule has 2 N–H and O–H groups in total. The van der Waals surface area contributed by atoms with Gasteiger partial charge in [0.05, 0.1) is 21.3 Å². The third-order valence-corrected chi connectivity index (χ3v) is 4.18. The van der Waals surface area contributed by atoms with Crippen LogP contribution in [0.25, 0.3) is 0 Å². The Kier molecular flexibility index (Phi) is 6.19. The number of anilines is 3. The van der Waals surface area contributed by atoms with Gasteiger partial charge in [-0.15, -0.1) is 0 Å². The maximum atomic E-state index is 13.3. The van der Waals surface area contributed by atoms with Crippen LogP contribution in [-0.2, 0) is 0 Å². The van der Waals surface area contributed by atoms with Gasteiger partial charge in [-0.3, -0.25) is 4.79 Å². The quantitative estimate of drug-likeness (QED) is 0.598. The molecule has 1 amide bonds. The molecule has 3 aromatic rings. The van der Waals surface area contributed by atoms with Gasteiger partial charge in [-0.25, -0.2) is 4.39 Å². The maximum Gasteiger partial charge on any atom is 0.255 e. The lowest BCUT2D eigenvalue weighted by atomic mass is 10.1. The number of rotatable bonds is 7. The van der Waals surface area contributed by atoms with Crippen molar-refractivity contribution in [2.24, 2.45) is 0 Å². The van der Waals surface area contributed by atoms with Gasteiger partial charge in [-0.1, -0.05) is 6.07 Å². The first-order valence-electron chi connectivity index (χ1n) is 8.78. The van der Waals surface area contributed by atoms with E-state index in [0.717, 1.165) is 5.69 Å². The molecule has 0 atom stereocenters. The molecule has 0 aromatic heterocycles. The van der Waals surface area contributed by atoms with Crippen LogP contribution in [-0.4, -0.2) is 27.2 Å². The van der Waals surface area contributed by atoms with E-state index in [0.29, 0.717) is 34.2 Å². The average molecular weight is 396 g/mol. The number of carbonyl (C=O) groups is 1. The van der Waals surface area contributed by atoms with Crippen LogP contribution in [0.4, 0.5) is 21.5 Å². The van der Waals surface area contributed by atoms with Crippen molar-refractivity contribution in [3.8, 4) is 17.2 Å². The highest BCUT2D eigenvalue weighted by atomic mass is 19.1. The van der Waals surface area contributed by atoms with E-state index >= 15 is 0 Å². The molecule has 0 aliphatic carbocycles. The molecule has 0 unspecified atom stereocenters.